The molecule has 4 nitrogen and oxygen atoms in total. The summed E-state index contributed by atoms with van der Waals surface area (Å²) in [6.45, 7) is 5.83. The highest BCUT2D eigenvalue weighted by molar-refractivity contribution is 6.37. The van der Waals surface area contributed by atoms with Gasteiger partial charge in [0.2, 0.25) is 0 Å². The van der Waals surface area contributed by atoms with Crippen LogP contribution in [0.3, 0.4) is 0 Å². The minimum absolute atomic E-state index is 0.389. The maximum Gasteiger partial charge on any atom is 0.147 e. The third-order valence-corrected chi connectivity index (χ3v) is 3.49. The van der Waals surface area contributed by atoms with Crippen molar-refractivity contribution in [2.75, 3.05) is 37.8 Å². The number of hydrogen-bond donors (Lipinski definition) is 2. The van der Waals surface area contributed by atoms with E-state index in [0.717, 1.165) is 19.5 Å². The summed E-state index contributed by atoms with van der Waals surface area (Å²) in [5.74, 6) is 1.34. The van der Waals surface area contributed by atoms with Gasteiger partial charge in [-0.3, -0.25) is 0 Å². The lowest BCUT2D eigenvalue weighted by Gasteiger charge is -2.21. The Morgan fingerprint density at radius 3 is 2.32 bits per heavy atom. The van der Waals surface area contributed by atoms with Gasteiger partial charge < -0.3 is 15.5 Å². The molecule has 0 aliphatic heterocycles. The maximum atomic E-state index is 6.15. The second-order valence-corrected chi connectivity index (χ2v) is 5.58. The Bertz CT molecular complexity index is 410. The summed E-state index contributed by atoms with van der Waals surface area (Å²) in [4.78, 5) is 6.57. The van der Waals surface area contributed by atoms with Gasteiger partial charge in [-0.1, -0.05) is 30.1 Å². The predicted molar refractivity (Wildman–Crippen MR) is 84.7 cm³/mol. The molecule has 0 aliphatic carbocycles. The van der Waals surface area contributed by atoms with Crippen LogP contribution in [0.1, 0.15) is 20.3 Å². The largest absolute Gasteiger partial charge is 0.369 e. The summed E-state index contributed by atoms with van der Waals surface area (Å²) in [6, 6.07) is 2.11. The molecule has 0 bridgehead atoms. The molecule has 0 amide bonds. The molecule has 1 atom stereocenters. The van der Waals surface area contributed by atoms with Crippen LogP contribution in [-0.4, -0.2) is 43.1 Å². The summed E-state index contributed by atoms with van der Waals surface area (Å²) in [5, 5.41) is 7.53. The second kappa shape index (κ2) is 7.78. The lowest BCUT2D eigenvalue weighted by molar-refractivity contribution is 0.326. The maximum absolute atomic E-state index is 6.15. The molecule has 1 rings (SSSR count). The fourth-order valence-electron chi connectivity index (χ4n) is 1.38. The summed E-state index contributed by atoms with van der Waals surface area (Å²) >= 11 is 12.3. The summed E-state index contributed by atoms with van der Waals surface area (Å²) in [6.07, 6.45) is 1.01. The second-order valence-electron chi connectivity index (χ2n) is 4.77. The van der Waals surface area contributed by atoms with Gasteiger partial charge in [-0.15, -0.1) is 0 Å². The molecule has 0 spiro atoms. The van der Waals surface area contributed by atoms with Gasteiger partial charge in [0.05, 0.1) is 10.0 Å². The Kier molecular flexibility index (Phi) is 6.69. The van der Waals surface area contributed by atoms with Gasteiger partial charge in [0.25, 0.3) is 0 Å². The van der Waals surface area contributed by atoms with Gasteiger partial charge in [-0.05, 0) is 33.5 Å². The molecule has 1 unspecified atom stereocenters. The summed E-state index contributed by atoms with van der Waals surface area (Å²) < 4.78 is 0. The van der Waals surface area contributed by atoms with Gasteiger partial charge in [0.1, 0.15) is 11.6 Å². The van der Waals surface area contributed by atoms with Crippen LogP contribution in [0.15, 0.2) is 6.07 Å². The SMILES string of the molecule is CCCNc1nc(NCC(C)N(C)C)c(Cl)cc1Cl. The van der Waals surface area contributed by atoms with Crippen LogP contribution < -0.4 is 10.6 Å². The fraction of sp³-hybridized carbons (Fsp3) is 0.615. The first kappa shape index (κ1) is 16.3. The number of anilines is 2. The molecule has 6 heteroatoms. The van der Waals surface area contributed by atoms with Crippen molar-refractivity contribution < 1.29 is 0 Å². The third kappa shape index (κ3) is 5.05. The van der Waals surface area contributed by atoms with Crippen LogP contribution in [0.5, 0.6) is 0 Å². The number of likely N-dealkylation sites (N-methyl/N-ethyl adjacent to an activating group) is 1. The number of aromatic nitrogens is 1. The van der Waals surface area contributed by atoms with Gasteiger partial charge in [0, 0.05) is 19.1 Å². The van der Waals surface area contributed by atoms with Gasteiger partial charge in [0.15, 0.2) is 0 Å². The Balaban J connectivity index is 2.76. The number of nitrogens with one attached hydrogen (secondary N) is 2. The highest BCUT2D eigenvalue weighted by atomic mass is 35.5. The van der Waals surface area contributed by atoms with E-state index in [4.69, 9.17) is 23.2 Å². The lowest BCUT2D eigenvalue weighted by Crippen LogP contribution is -2.31. The first-order chi connectivity index (χ1) is 8.95. The number of rotatable bonds is 7. The average molecular weight is 305 g/mol. The first-order valence-corrected chi connectivity index (χ1v) is 7.21. The molecule has 0 aliphatic rings. The van der Waals surface area contributed by atoms with Crippen LogP contribution in [0.2, 0.25) is 10.0 Å². The number of halogens is 2. The van der Waals surface area contributed by atoms with Crippen molar-refractivity contribution in [1.82, 2.24) is 9.88 Å². The molecule has 108 valence electrons. The van der Waals surface area contributed by atoms with Crippen molar-refractivity contribution in [3.05, 3.63) is 16.1 Å². The van der Waals surface area contributed by atoms with Crippen LogP contribution in [0.4, 0.5) is 11.6 Å². The molecular weight excluding hydrogens is 283 g/mol. The van der Waals surface area contributed by atoms with Crippen LogP contribution in [-0.2, 0) is 0 Å². The van der Waals surface area contributed by atoms with E-state index in [-0.39, 0.29) is 0 Å². The van der Waals surface area contributed by atoms with E-state index >= 15 is 0 Å². The highest BCUT2D eigenvalue weighted by Gasteiger charge is 2.10. The van der Waals surface area contributed by atoms with E-state index in [2.05, 4.69) is 34.4 Å². The normalized spacial score (nSPS) is 12.6. The predicted octanol–water partition coefficient (Wildman–Crippen LogP) is 3.57. The van der Waals surface area contributed by atoms with Crippen molar-refractivity contribution in [2.45, 2.75) is 26.3 Å². The molecule has 0 radical (unpaired) electrons. The Labute approximate surface area is 125 Å². The standard InChI is InChI=1S/C13H22Cl2N4/c1-5-6-16-12-10(14)7-11(15)13(18-12)17-8-9(2)19(3)4/h7,9H,5-6,8H2,1-4H3,(H2,16,17,18). The topological polar surface area (TPSA) is 40.2 Å². The molecule has 1 heterocycles. The molecule has 0 saturated carbocycles. The first-order valence-electron chi connectivity index (χ1n) is 6.45. The van der Waals surface area contributed by atoms with E-state index in [9.17, 15) is 0 Å². The average Bonchev–Trinajstić information content (AvgIpc) is 2.36. The van der Waals surface area contributed by atoms with Gasteiger partial charge >= 0.3 is 0 Å². The minimum Gasteiger partial charge on any atom is -0.369 e. The highest BCUT2D eigenvalue weighted by Crippen LogP contribution is 2.29. The zero-order valence-corrected chi connectivity index (χ0v) is 13.4. The molecule has 0 saturated heterocycles. The van der Waals surface area contributed by atoms with Crippen molar-refractivity contribution in [3.63, 3.8) is 0 Å². The van der Waals surface area contributed by atoms with Crippen molar-refractivity contribution in [1.29, 1.82) is 0 Å². The fourth-order valence-corrected chi connectivity index (χ4v) is 1.88. The summed E-state index contributed by atoms with van der Waals surface area (Å²) in [7, 11) is 4.08. The van der Waals surface area contributed by atoms with Gasteiger partial charge in [-0.25, -0.2) is 4.98 Å². The Hall–Kier alpha value is -0.710. The van der Waals surface area contributed by atoms with Crippen LogP contribution >= 0.6 is 23.2 Å². The van der Waals surface area contributed by atoms with Crippen molar-refractivity contribution >= 4 is 34.8 Å². The Morgan fingerprint density at radius 2 is 1.79 bits per heavy atom. The molecule has 0 aromatic carbocycles. The monoisotopic (exact) mass is 304 g/mol. The molecule has 1 aromatic rings. The van der Waals surface area contributed by atoms with Gasteiger partial charge in [-0.2, -0.15) is 0 Å². The molecule has 2 N–H and O–H groups in total. The zero-order valence-electron chi connectivity index (χ0n) is 11.9. The van der Waals surface area contributed by atoms with E-state index < -0.39 is 0 Å². The van der Waals surface area contributed by atoms with Crippen LogP contribution in [0.25, 0.3) is 0 Å². The summed E-state index contributed by atoms with van der Waals surface area (Å²) in [5.41, 5.74) is 0. The van der Waals surface area contributed by atoms with Crippen molar-refractivity contribution in [2.24, 2.45) is 0 Å². The zero-order chi connectivity index (χ0) is 14.4. The third-order valence-electron chi connectivity index (χ3n) is 2.92. The molecular formula is C13H22Cl2N4. The minimum atomic E-state index is 0.389. The molecule has 19 heavy (non-hydrogen) atoms. The van der Waals surface area contributed by atoms with E-state index in [1.807, 2.05) is 14.1 Å². The number of nitrogens with zero attached hydrogens (tertiary/aromatic N) is 2. The van der Waals surface area contributed by atoms with E-state index in [0.29, 0.717) is 27.7 Å². The number of hydrogen-bond acceptors (Lipinski definition) is 4. The molecule has 1 aromatic heterocycles. The van der Waals surface area contributed by atoms with Crippen LogP contribution in [0, 0.1) is 0 Å². The van der Waals surface area contributed by atoms with Crippen molar-refractivity contribution in [3.8, 4) is 0 Å². The smallest absolute Gasteiger partial charge is 0.147 e. The van der Waals surface area contributed by atoms with E-state index in [1.54, 1.807) is 6.07 Å². The lowest BCUT2D eigenvalue weighted by atomic mass is 10.3. The van der Waals surface area contributed by atoms with E-state index in [1.165, 1.54) is 0 Å². The number of pyridine rings is 1. The molecule has 0 fully saturated rings. The Morgan fingerprint density at radius 1 is 1.21 bits per heavy atom. The quantitative estimate of drug-likeness (QED) is 0.808.